The minimum absolute atomic E-state index is 0.427. The molecular weight excluding hydrogens is 302 g/mol. The SMILES string of the molecule is Cn1ccnc1-c1ccc(NC[C@H]2COc3ccccc3C2)nn1. The maximum absolute atomic E-state index is 5.82. The van der Waals surface area contributed by atoms with Crippen molar-refractivity contribution in [3.05, 3.63) is 54.4 Å². The van der Waals surface area contributed by atoms with Gasteiger partial charge in [0.1, 0.15) is 17.3 Å². The van der Waals surface area contributed by atoms with Gasteiger partial charge in [-0.05, 0) is 30.2 Å². The molecule has 1 atom stereocenters. The zero-order chi connectivity index (χ0) is 16.4. The molecule has 4 rings (SSSR count). The molecule has 0 spiro atoms. The van der Waals surface area contributed by atoms with E-state index in [2.05, 4.69) is 32.6 Å². The van der Waals surface area contributed by atoms with Crippen LogP contribution >= 0.6 is 0 Å². The van der Waals surface area contributed by atoms with Gasteiger partial charge in [-0.2, -0.15) is 0 Å². The van der Waals surface area contributed by atoms with Crippen molar-refractivity contribution in [1.29, 1.82) is 0 Å². The average Bonchev–Trinajstić information content (AvgIpc) is 3.06. The average molecular weight is 321 g/mol. The van der Waals surface area contributed by atoms with Crippen molar-refractivity contribution in [3.8, 4) is 17.3 Å². The highest BCUT2D eigenvalue weighted by Gasteiger charge is 2.19. The maximum Gasteiger partial charge on any atom is 0.160 e. The number of hydrogen-bond donors (Lipinski definition) is 1. The quantitative estimate of drug-likeness (QED) is 0.800. The van der Waals surface area contributed by atoms with E-state index in [9.17, 15) is 0 Å². The first-order valence-corrected chi connectivity index (χ1v) is 8.05. The smallest absolute Gasteiger partial charge is 0.160 e. The Bertz CT molecular complexity index is 827. The Morgan fingerprint density at radius 2 is 2.12 bits per heavy atom. The van der Waals surface area contributed by atoms with Crippen LogP contribution in [0.3, 0.4) is 0 Å². The van der Waals surface area contributed by atoms with Crippen LogP contribution in [-0.4, -0.2) is 32.9 Å². The fourth-order valence-electron chi connectivity index (χ4n) is 2.93. The summed E-state index contributed by atoms with van der Waals surface area (Å²) in [4.78, 5) is 4.28. The molecule has 122 valence electrons. The van der Waals surface area contributed by atoms with Gasteiger partial charge in [-0.1, -0.05) is 18.2 Å². The second kappa shape index (κ2) is 6.31. The van der Waals surface area contributed by atoms with Crippen molar-refractivity contribution in [2.45, 2.75) is 6.42 Å². The number of benzene rings is 1. The van der Waals surface area contributed by atoms with E-state index in [0.29, 0.717) is 5.92 Å². The Morgan fingerprint density at radius 3 is 2.92 bits per heavy atom. The minimum atomic E-state index is 0.427. The minimum Gasteiger partial charge on any atom is -0.493 e. The van der Waals surface area contributed by atoms with Crippen molar-refractivity contribution in [3.63, 3.8) is 0 Å². The summed E-state index contributed by atoms with van der Waals surface area (Å²) in [5.41, 5.74) is 2.04. The molecule has 1 aliphatic rings. The molecular formula is C18H19N5O. The molecule has 0 aliphatic carbocycles. The summed E-state index contributed by atoms with van der Waals surface area (Å²) in [6.07, 6.45) is 4.66. The standard InChI is InChI=1S/C18H19N5O/c1-23-9-8-19-18(23)15-6-7-17(22-21-15)20-11-13-10-14-4-2-3-5-16(14)24-12-13/h2-9,13H,10-12H2,1H3,(H,20,22)/t13-/m0/s1. The molecule has 2 aromatic heterocycles. The molecule has 0 bridgehead atoms. The highest BCUT2D eigenvalue weighted by atomic mass is 16.5. The Morgan fingerprint density at radius 1 is 1.21 bits per heavy atom. The van der Waals surface area contributed by atoms with Crippen LogP contribution in [0.25, 0.3) is 11.5 Å². The fraction of sp³-hybridized carbons (Fsp3) is 0.278. The number of nitrogens with zero attached hydrogens (tertiary/aromatic N) is 4. The van der Waals surface area contributed by atoms with E-state index in [1.807, 2.05) is 42.1 Å². The summed E-state index contributed by atoms with van der Waals surface area (Å²) < 4.78 is 7.74. The van der Waals surface area contributed by atoms with Crippen LogP contribution in [-0.2, 0) is 13.5 Å². The third-order valence-corrected chi connectivity index (χ3v) is 4.24. The summed E-state index contributed by atoms with van der Waals surface area (Å²) in [7, 11) is 1.94. The molecule has 1 aromatic carbocycles. The lowest BCUT2D eigenvalue weighted by Crippen LogP contribution is -2.27. The predicted molar refractivity (Wildman–Crippen MR) is 91.9 cm³/mol. The van der Waals surface area contributed by atoms with Gasteiger partial charge in [-0.25, -0.2) is 4.98 Å². The Balaban J connectivity index is 1.38. The maximum atomic E-state index is 5.82. The number of anilines is 1. The highest BCUT2D eigenvalue weighted by molar-refractivity contribution is 5.51. The molecule has 3 heterocycles. The van der Waals surface area contributed by atoms with Crippen LogP contribution < -0.4 is 10.1 Å². The molecule has 1 N–H and O–H groups in total. The van der Waals surface area contributed by atoms with Crippen LogP contribution in [0, 0.1) is 5.92 Å². The van der Waals surface area contributed by atoms with Gasteiger partial charge in [0.15, 0.2) is 5.82 Å². The topological polar surface area (TPSA) is 64.9 Å². The first-order valence-electron chi connectivity index (χ1n) is 8.05. The summed E-state index contributed by atoms with van der Waals surface area (Å²) in [5.74, 6) is 3.02. The molecule has 0 saturated heterocycles. The highest BCUT2D eigenvalue weighted by Crippen LogP contribution is 2.26. The lowest BCUT2D eigenvalue weighted by Gasteiger charge is -2.25. The largest absolute Gasteiger partial charge is 0.493 e. The van der Waals surface area contributed by atoms with Crippen LogP contribution in [0.4, 0.5) is 5.82 Å². The van der Waals surface area contributed by atoms with Crippen LogP contribution in [0.2, 0.25) is 0 Å². The summed E-state index contributed by atoms with van der Waals surface area (Å²) >= 11 is 0. The van der Waals surface area contributed by atoms with Crippen molar-refractivity contribution in [2.24, 2.45) is 13.0 Å². The van der Waals surface area contributed by atoms with Crippen LogP contribution in [0.15, 0.2) is 48.8 Å². The molecule has 0 amide bonds. The third kappa shape index (κ3) is 2.95. The molecule has 1 aliphatic heterocycles. The lowest BCUT2D eigenvalue weighted by atomic mass is 9.97. The lowest BCUT2D eigenvalue weighted by molar-refractivity contribution is 0.229. The van der Waals surface area contributed by atoms with Gasteiger partial charge >= 0.3 is 0 Å². The molecule has 0 fully saturated rings. The number of fused-ring (bicyclic) bond motifs is 1. The molecule has 3 aromatic rings. The predicted octanol–water partition coefficient (Wildman–Crippen LogP) is 2.54. The van der Waals surface area contributed by atoms with Crippen molar-refractivity contribution in [1.82, 2.24) is 19.7 Å². The van der Waals surface area contributed by atoms with Crippen molar-refractivity contribution >= 4 is 5.82 Å². The van der Waals surface area contributed by atoms with E-state index in [4.69, 9.17) is 4.74 Å². The number of aromatic nitrogens is 4. The van der Waals surface area contributed by atoms with Gasteiger partial charge in [0.05, 0.1) is 6.61 Å². The number of hydrogen-bond acceptors (Lipinski definition) is 5. The fourth-order valence-corrected chi connectivity index (χ4v) is 2.93. The van der Waals surface area contributed by atoms with E-state index in [0.717, 1.165) is 42.7 Å². The van der Waals surface area contributed by atoms with E-state index < -0.39 is 0 Å². The number of nitrogens with one attached hydrogen (secondary N) is 1. The second-order valence-corrected chi connectivity index (χ2v) is 6.04. The zero-order valence-corrected chi connectivity index (χ0v) is 13.5. The summed E-state index contributed by atoms with van der Waals surface area (Å²) in [6, 6.07) is 12.1. The van der Waals surface area contributed by atoms with Crippen molar-refractivity contribution < 1.29 is 4.74 Å². The van der Waals surface area contributed by atoms with E-state index in [1.54, 1.807) is 6.20 Å². The second-order valence-electron chi connectivity index (χ2n) is 6.04. The molecule has 6 nitrogen and oxygen atoms in total. The molecule has 0 radical (unpaired) electrons. The first kappa shape index (κ1) is 14.7. The monoisotopic (exact) mass is 321 g/mol. The van der Waals surface area contributed by atoms with Gasteiger partial charge in [0.25, 0.3) is 0 Å². The Kier molecular flexibility index (Phi) is 3.86. The first-order chi connectivity index (χ1) is 11.8. The molecule has 6 heteroatoms. The van der Waals surface area contributed by atoms with E-state index in [-0.39, 0.29) is 0 Å². The van der Waals surface area contributed by atoms with Gasteiger partial charge in [0.2, 0.25) is 0 Å². The van der Waals surface area contributed by atoms with Crippen molar-refractivity contribution in [2.75, 3.05) is 18.5 Å². The zero-order valence-electron chi connectivity index (χ0n) is 13.5. The van der Waals surface area contributed by atoms with E-state index >= 15 is 0 Å². The number of ether oxygens (including phenoxy) is 1. The molecule has 0 saturated carbocycles. The van der Waals surface area contributed by atoms with Gasteiger partial charge in [-0.15, -0.1) is 10.2 Å². The van der Waals surface area contributed by atoms with Gasteiger partial charge < -0.3 is 14.6 Å². The number of imidazole rings is 1. The normalized spacial score (nSPS) is 16.3. The van der Waals surface area contributed by atoms with Gasteiger partial charge in [0, 0.05) is 31.9 Å². The summed E-state index contributed by atoms with van der Waals surface area (Å²) in [5, 5.41) is 11.9. The van der Waals surface area contributed by atoms with Crippen LogP contribution in [0.5, 0.6) is 5.75 Å². The number of para-hydroxylation sites is 1. The molecule has 0 unspecified atom stereocenters. The Hall–Kier alpha value is -2.89. The summed E-state index contributed by atoms with van der Waals surface area (Å²) in [6.45, 7) is 1.54. The number of rotatable bonds is 4. The molecule has 24 heavy (non-hydrogen) atoms. The third-order valence-electron chi connectivity index (χ3n) is 4.24. The Labute approximate surface area is 140 Å². The van der Waals surface area contributed by atoms with Gasteiger partial charge in [-0.3, -0.25) is 0 Å². The number of aryl methyl sites for hydroxylation is 1. The van der Waals surface area contributed by atoms with Crippen LogP contribution in [0.1, 0.15) is 5.56 Å². The van der Waals surface area contributed by atoms with E-state index in [1.165, 1.54) is 5.56 Å².